The van der Waals surface area contributed by atoms with Crippen molar-refractivity contribution in [1.29, 1.82) is 0 Å². The number of aryl methyl sites for hydroxylation is 1. The highest BCUT2D eigenvalue weighted by Crippen LogP contribution is 2.26. The van der Waals surface area contributed by atoms with Crippen LogP contribution in [0.3, 0.4) is 0 Å². The zero-order valence-corrected chi connectivity index (χ0v) is 9.96. The van der Waals surface area contributed by atoms with E-state index in [1.54, 1.807) is 12.1 Å². The average molecular weight is 234 g/mol. The van der Waals surface area contributed by atoms with Crippen molar-refractivity contribution in [2.24, 2.45) is 0 Å². The first-order valence-corrected chi connectivity index (χ1v) is 5.62. The molecule has 0 radical (unpaired) electrons. The van der Waals surface area contributed by atoms with Gasteiger partial charge in [-0.15, -0.1) is 0 Å². The van der Waals surface area contributed by atoms with E-state index in [2.05, 4.69) is 10.3 Å². The summed E-state index contributed by atoms with van der Waals surface area (Å²) in [5.74, 6) is 0.220. The second-order valence-electron chi connectivity index (χ2n) is 3.89. The Bertz CT molecular complexity index is 508. The van der Waals surface area contributed by atoms with Crippen LogP contribution in [0.2, 0.25) is 0 Å². The molecule has 0 aliphatic rings. The molecule has 90 valence electrons. The van der Waals surface area contributed by atoms with Gasteiger partial charge in [0.25, 0.3) is 0 Å². The molecule has 2 aromatic rings. The van der Waals surface area contributed by atoms with Gasteiger partial charge in [-0.25, -0.2) is 9.37 Å². The number of halogens is 1. The maximum atomic E-state index is 13.7. The van der Waals surface area contributed by atoms with Gasteiger partial charge in [0.15, 0.2) is 12.2 Å². The number of nitrogens with one attached hydrogen (secondary N) is 1. The van der Waals surface area contributed by atoms with Crippen LogP contribution in [0.4, 0.5) is 4.39 Å². The summed E-state index contributed by atoms with van der Waals surface area (Å²) in [7, 11) is 0. The van der Waals surface area contributed by atoms with Gasteiger partial charge in [-0.2, -0.15) is 0 Å². The molecule has 1 N–H and O–H groups in total. The molecule has 0 amide bonds. The zero-order chi connectivity index (χ0) is 12.3. The third-order valence-electron chi connectivity index (χ3n) is 2.55. The summed E-state index contributed by atoms with van der Waals surface area (Å²) in [6.07, 6.45) is 1.35. The standard InChI is InChI=1S/C13H15FN2O/c1-3-15-7-12-13(17-8-16-12)10-6-9(2)4-5-11(10)14/h4-6,8,15H,3,7H2,1-2H3. The molecule has 0 aliphatic heterocycles. The van der Waals surface area contributed by atoms with E-state index in [4.69, 9.17) is 4.42 Å². The minimum absolute atomic E-state index is 0.287. The number of benzene rings is 1. The highest BCUT2D eigenvalue weighted by atomic mass is 19.1. The third kappa shape index (κ3) is 2.53. The van der Waals surface area contributed by atoms with Crippen LogP contribution >= 0.6 is 0 Å². The lowest BCUT2D eigenvalue weighted by Gasteiger charge is -2.04. The lowest BCUT2D eigenvalue weighted by molar-refractivity contribution is 0.559. The molecule has 0 fully saturated rings. The molecule has 3 nitrogen and oxygen atoms in total. The largest absolute Gasteiger partial charge is 0.443 e. The van der Waals surface area contributed by atoms with Crippen molar-refractivity contribution in [1.82, 2.24) is 10.3 Å². The van der Waals surface area contributed by atoms with Gasteiger partial charge in [0, 0.05) is 6.54 Å². The maximum Gasteiger partial charge on any atom is 0.181 e. The average Bonchev–Trinajstić information content (AvgIpc) is 2.77. The van der Waals surface area contributed by atoms with E-state index in [1.807, 2.05) is 13.8 Å². The topological polar surface area (TPSA) is 38.1 Å². The number of hydrogen-bond donors (Lipinski definition) is 1. The van der Waals surface area contributed by atoms with E-state index >= 15 is 0 Å². The molecule has 0 unspecified atom stereocenters. The third-order valence-corrected chi connectivity index (χ3v) is 2.55. The summed E-state index contributed by atoms with van der Waals surface area (Å²) < 4.78 is 19.0. The Morgan fingerprint density at radius 1 is 1.41 bits per heavy atom. The van der Waals surface area contributed by atoms with E-state index in [-0.39, 0.29) is 5.82 Å². The zero-order valence-electron chi connectivity index (χ0n) is 9.96. The summed E-state index contributed by atoms with van der Waals surface area (Å²) in [4.78, 5) is 4.11. The van der Waals surface area contributed by atoms with Gasteiger partial charge < -0.3 is 9.73 Å². The molecule has 1 aromatic carbocycles. The molecular formula is C13H15FN2O. The summed E-state index contributed by atoms with van der Waals surface area (Å²) in [5.41, 5.74) is 2.19. The van der Waals surface area contributed by atoms with Crippen LogP contribution in [0.5, 0.6) is 0 Å². The Morgan fingerprint density at radius 3 is 3.00 bits per heavy atom. The van der Waals surface area contributed by atoms with Crippen molar-refractivity contribution in [2.45, 2.75) is 20.4 Å². The van der Waals surface area contributed by atoms with Gasteiger partial charge >= 0.3 is 0 Å². The monoisotopic (exact) mass is 234 g/mol. The van der Waals surface area contributed by atoms with Gasteiger partial charge in [-0.1, -0.05) is 18.6 Å². The number of nitrogens with zero attached hydrogens (tertiary/aromatic N) is 1. The van der Waals surface area contributed by atoms with Crippen LogP contribution in [0.1, 0.15) is 18.2 Å². The maximum absolute atomic E-state index is 13.7. The number of hydrogen-bond acceptors (Lipinski definition) is 3. The van der Waals surface area contributed by atoms with Crippen LogP contribution in [0.25, 0.3) is 11.3 Å². The number of rotatable bonds is 4. The Labute approximate surface area is 99.7 Å². The first-order chi connectivity index (χ1) is 8.22. The van der Waals surface area contributed by atoms with Crippen LogP contribution in [0.15, 0.2) is 29.0 Å². The quantitative estimate of drug-likeness (QED) is 0.884. The van der Waals surface area contributed by atoms with Crippen molar-refractivity contribution < 1.29 is 8.81 Å². The second kappa shape index (κ2) is 5.10. The second-order valence-corrected chi connectivity index (χ2v) is 3.89. The highest BCUT2D eigenvalue weighted by Gasteiger charge is 2.14. The molecule has 0 spiro atoms. The Kier molecular flexibility index (Phi) is 3.54. The van der Waals surface area contributed by atoms with Crippen molar-refractivity contribution >= 4 is 0 Å². The van der Waals surface area contributed by atoms with Crippen molar-refractivity contribution in [2.75, 3.05) is 6.54 Å². The number of aromatic nitrogens is 1. The molecule has 2 rings (SSSR count). The van der Waals surface area contributed by atoms with E-state index in [0.717, 1.165) is 17.8 Å². The molecule has 17 heavy (non-hydrogen) atoms. The fraction of sp³-hybridized carbons (Fsp3) is 0.308. The van der Waals surface area contributed by atoms with Gasteiger partial charge in [0.2, 0.25) is 0 Å². The molecule has 0 saturated carbocycles. The Balaban J connectivity index is 2.38. The lowest BCUT2D eigenvalue weighted by Crippen LogP contribution is -2.12. The molecule has 0 saturated heterocycles. The SMILES string of the molecule is CCNCc1ncoc1-c1cc(C)ccc1F. The van der Waals surface area contributed by atoms with Crippen molar-refractivity contribution in [3.8, 4) is 11.3 Å². The van der Waals surface area contributed by atoms with Crippen molar-refractivity contribution in [3.63, 3.8) is 0 Å². The van der Waals surface area contributed by atoms with Crippen LogP contribution in [-0.2, 0) is 6.54 Å². The minimum Gasteiger partial charge on any atom is -0.443 e. The van der Waals surface area contributed by atoms with Gasteiger partial charge in [0.05, 0.1) is 5.56 Å². The molecular weight excluding hydrogens is 219 g/mol. The molecule has 0 bridgehead atoms. The number of oxazole rings is 1. The predicted octanol–water partition coefficient (Wildman–Crippen LogP) is 2.90. The summed E-state index contributed by atoms with van der Waals surface area (Å²) >= 11 is 0. The van der Waals surface area contributed by atoms with Crippen LogP contribution in [-0.4, -0.2) is 11.5 Å². The van der Waals surface area contributed by atoms with Gasteiger partial charge in [0.1, 0.15) is 11.5 Å². The van der Waals surface area contributed by atoms with E-state index in [9.17, 15) is 4.39 Å². The Morgan fingerprint density at radius 2 is 2.24 bits per heavy atom. The molecule has 1 aromatic heterocycles. The van der Waals surface area contributed by atoms with E-state index in [1.165, 1.54) is 12.5 Å². The molecule has 1 heterocycles. The van der Waals surface area contributed by atoms with Crippen LogP contribution in [0, 0.1) is 12.7 Å². The predicted molar refractivity (Wildman–Crippen MR) is 64.0 cm³/mol. The molecule has 0 atom stereocenters. The molecule has 4 heteroatoms. The lowest BCUT2D eigenvalue weighted by atomic mass is 10.1. The van der Waals surface area contributed by atoms with Gasteiger partial charge in [-0.3, -0.25) is 0 Å². The summed E-state index contributed by atoms with van der Waals surface area (Å²) in [6.45, 7) is 5.34. The normalized spacial score (nSPS) is 10.8. The van der Waals surface area contributed by atoms with E-state index in [0.29, 0.717) is 17.9 Å². The molecule has 0 aliphatic carbocycles. The van der Waals surface area contributed by atoms with Gasteiger partial charge in [-0.05, 0) is 25.6 Å². The first kappa shape index (κ1) is 11.8. The summed E-state index contributed by atoms with van der Waals surface area (Å²) in [6, 6.07) is 4.95. The van der Waals surface area contributed by atoms with Crippen molar-refractivity contribution in [3.05, 3.63) is 41.7 Å². The Hall–Kier alpha value is -1.68. The van der Waals surface area contributed by atoms with E-state index < -0.39 is 0 Å². The fourth-order valence-electron chi connectivity index (χ4n) is 1.67. The first-order valence-electron chi connectivity index (χ1n) is 5.62. The van der Waals surface area contributed by atoms with Crippen LogP contribution < -0.4 is 5.32 Å². The highest BCUT2D eigenvalue weighted by molar-refractivity contribution is 5.61. The summed E-state index contributed by atoms with van der Waals surface area (Å²) in [5, 5.41) is 3.15. The smallest absolute Gasteiger partial charge is 0.181 e. The fourth-order valence-corrected chi connectivity index (χ4v) is 1.67. The minimum atomic E-state index is -0.287.